The van der Waals surface area contributed by atoms with Crippen LogP contribution in [0.2, 0.25) is 0 Å². The molecule has 0 amide bonds. The smallest absolute Gasteiger partial charge is 0.262 e. The van der Waals surface area contributed by atoms with Crippen molar-refractivity contribution >= 4 is 21.6 Å². The molecule has 36 heavy (non-hydrogen) atoms. The number of thiophene rings is 1. The molecule has 3 aromatic heterocycles. The summed E-state index contributed by atoms with van der Waals surface area (Å²) >= 11 is 1.70. The van der Waals surface area contributed by atoms with Crippen LogP contribution in [0.15, 0.2) is 78.1 Å². The van der Waals surface area contributed by atoms with Crippen LogP contribution in [0.3, 0.4) is 0 Å². The van der Waals surface area contributed by atoms with Gasteiger partial charge < -0.3 is 5.32 Å². The molecule has 0 saturated carbocycles. The molecule has 2 aliphatic carbocycles. The first kappa shape index (κ1) is 21.7. The summed E-state index contributed by atoms with van der Waals surface area (Å²) in [6.45, 7) is 0.831. The van der Waals surface area contributed by atoms with Crippen LogP contribution in [0, 0.1) is 0 Å². The summed E-state index contributed by atoms with van der Waals surface area (Å²) in [6.07, 6.45) is 10.3. The maximum atomic E-state index is 13.6. The summed E-state index contributed by atoms with van der Waals surface area (Å²) < 4.78 is 3.77. The van der Waals surface area contributed by atoms with Crippen molar-refractivity contribution in [2.45, 2.75) is 50.7 Å². The molecule has 180 valence electrons. The number of hydrogen-bond donors (Lipinski definition) is 1. The predicted octanol–water partition coefficient (Wildman–Crippen LogP) is 4.63. The second-order valence-corrected chi connectivity index (χ2v) is 11.0. The van der Waals surface area contributed by atoms with E-state index < -0.39 is 0 Å². The Kier molecular flexibility index (Phi) is 5.33. The van der Waals surface area contributed by atoms with Crippen LogP contribution in [-0.4, -0.2) is 25.4 Å². The van der Waals surface area contributed by atoms with E-state index in [1.165, 1.54) is 27.1 Å². The lowest BCUT2D eigenvalue weighted by atomic mass is 9.93. The molecule has 0 saturated heterocycles. The lowest BCUT2D eigenvalue weighted by Gasteiger charge is -2.23. The number of hydrogen-bond acceptors (Lipinski definition) is 5. The molecule has 0 fully saturated rings. The third-order valence-electron chi connectivity index (χ3n) is 7.72. The second-order valence-electron chi connectivity index (χ2n) is 9.91. The molecule has 2 aromatic carbocycles. The fourth-order valence-electron chi connectivity index (χ4n) is 5.80. The van der Waals surface area contributed by atoms with Gasteiger partial charge in [0.25, 0.3) is 5.56 Å². The second kappa shape index (κ2) is 8.84. The molecular weight excluding hydrogens is 466 g/mol. The quantitative estimate of drug-likeness (QED) is 0.388. The van der Waals surface area contributed by atoms with E-state index in [-0.39, 0.29) is 11.6 Å². The van der Waals surface area contributed by atoms with E-state index in [1.54, 1.807) is 23.9 Å². The predicted molar refractivity (Wildman–Crippen MR) is 143 cm³/mol. The Labute approximate surface area is 213 Å². The first-order valence-corrected chi connectivity index (χ1v) is 13.4. The lowest BCUT2D eigenvalue weighted by molar-refractivity contribution is 0.462. The van der Waals surface area contributed by atoms with Crippen LogP contribution >= 0.6 is 11.3 Å². The molecule has 0 spiro atoms. The van der Waals surface area contributed by atoms with E-state index in [1.807, 2.05) is 21.5 Å². The van der Waals surface area contributed by atoms with Gasteiger partial charge in [0.05, 0.1) is 17.4 Å². The fraction of sp³-hybridized carbons (Fsp3) is 0.276. The molecule has 3 heterocycles. The fourth-order valence-corrected chi connectivity index (χ4v) is 7.05. The number of nitrogens with zero attached hydrogens (tertiary/aromatic N) is 4. The molecular formula is C29H27N5OS. The molecule has 5 aromatic rings. The Hall–Kier alpha value is -3.55. The highest BCUT2D eigenvalue weighted by Crippen LogP contribution is 2.35. The van der Waals surface area contributed by atoms with Gasteiger partial charge in [0.2, 0.25) is 0 Å². The highest BCUT2D eigenvalue weighted by atomic mass is 32.1. The molecule has 1 N–H and O–H groups in total. The maximum Gasteiger partial charge on any atom is 0.262 e. The van der Waals surface area contributed by atoms with Gasteiger partial charge in [0, 0.05) is 35.9 Å². The molecule has 0 aliphatic heterocycles. The molecule has 0 radical (unpaired) electrons. The number of rotatable bonds is 5. The number of aromatic nitrogens is 4. The first-order valence-electron chi connectivity index (χ1n) is 12.6. The minimum Gasteiger partial charge on any atom is -0.310 e. The molecule has 7 heteroatoms. The Morgan fingerprint density at radius 3 is 2.56 bits per heavy atom. The minimum absolute atomic E-state index is 0.138. The van der Waals surface area contributed by atoms with Crippen LogP contribution in [0.4, 0.5) is 0 Å². The average molecular weight is 494 g/mol. The number of nitrogens with one attached hydrogen (secondary N) is 1. The highest BCUT2D eigenvalue weighted by Gasteiger charge is 2.28. The van der Waals surface area contributed by atoms with Crippen molar-refractivity contribution < 1.29 is 0 Å². The number of benzene rings is 2. The van der Waals surface area contributed by atoms with E-state index in [0.29, 0.717) is 6.04 Å². The van der Waals surface area contributed by atoms with Crippen molar-refractivity contribution in [3.63, 3.8) is 0 Å². The van der Waals surface area contributed by atoms with Crippen LogP contribution < -0.4 is 10.9 Å². The van der Waals surface area contributed by atoms with Crippen molar-refractivity contribution in [1.29, 1.82) is 0 Å². The maximum absolute atomic E-state index is 13.6. The van der Waals surface area contributed by atoms with Crippen molar-refractivity contribution in [2.75, 3.05) is 0 Å². The number of aryl methyl sites for hydroxylation is 1. The SMILES string of the molecule is O=c1c2c3c(sc2ncn1C1Cc2ccccc2C1)CC(NCc1ccc(-n2cccn2)cc1)CC3. The van der Waals surface area contributed by atoms with Gasteiger partial charge in [-0.05, 0) is 72.6 Å². The third kappa shape index (κ3) is 3.79. The Morgan fingerprint density at radius 1 is 1.00 bits per heavy atom. The van der Waals surface area contributed by atoms with Crippen LogP contribution in [-0.2, 0) is 32.2 Å². The van der Waals surface area contributed by atoms with Gasteiger partial charge in [0.15, 0.2) is 0 Å². The van der Waals surface area contributed by atoms with E-state index >= 15 is 0 Å². The summed E-state index contributed by atoms with van der Waals surface area (Å²) in [4.78, 5) is 20.6. The van der Waals surface area contributed by atoms with Gasteiger partial charge in [-0.15, -0.1) is 11.3 Å². The molecule has 2 aliphatic rings. The standard InChI is InChI=1S/C29H27N5OS/c35-29-27-25-11-8-22(30-17-19-6-9-23(10-7-19)34-13-3-12-32-34)16-26(25)36-28(27)31-18-33(29)24-14-20-4-1-2-5-21(20)15-24/h1-7,9-10,12-13,18,22,24,30H,8,11,14-17H2. The van der Waals surface area contributed by atoms with Crippen molar-refractivity contribution in [3.8, 4) is 5.69 Å². The van der Waals surface area contributed by atoms with Gasteiger partial charge in [0.1, 0.15) is 4.83 Å². The Bertz CT molecular complexity index is 1570. The van der Waals surface area contributed by atoms with Crippen molar-refractivity contribution in [2.24, 2.45) is 0 Å². The van der Waals surface area contributed by atoms with E-state index in [0.717, 1.165) is 54.6 Å². The van der Waals surface area contributed by atoms with Gasteiger partial charge in [-0.1, -0.05) is 36.4 Å². The number of fused-ring (bicyclic) bond motifs is 4. The summed E-state index contributed by atoms with van der Waals surface area (Å²) in [7, 11) is 0. The lowest BCUT2D eigenvalue weighted by Crippen LogP contribution is -2.34. The Balaban J connectivity index is 1.07. The van der Waals surface area contributed by atoms with Gasteiger partial charge in [-0.25, -0.2) is 9.67 Å². The minimum atomic E-state index is 0.138. The zero-order valence-corrected chi connectivity index (χ0v) is 20.7. The molecule has 1 atom stereocenters. The zero-order valence-electron chi connectivity index (χ0n) is 19.9. The topological polar surface area (TPSA) is 64.7 Å². The summed E-state index contributed by atoms with van der Waals surface area (Å²) in [5, 5.41) is 8.89. The average Bonchev–Trinajstić information content (AvgIpc) is 3.66. The summed E-state index contributed by atoms with van der Waals surface area (Å²) in [5.74, 6) is 0. The Morgan fingerprint density at radius 2 is 1.81 bits per heavy atom. The summed E-state index contributed by atoms with van der Waals surface area (Å²) in [5.41, 5.74) is 6.41. The molecule has 1 unspecified atom stereocenters. The van der Waals surface area contributed by atoms with Crippen molar-refractivity contribution in [1.82, 2.24) is 24.6 Å². The van der Waals surface area contributed by atoms with E-state index in [9.17, 15) is 4.79 Å². The first-order chi connectivity index (χ1) is 17.7. The third-order valence-corrected chi connectivity index (χ3v) is 8.88. The van der Waals surface area contributed by atoms with Gasteiger partial charge in [-0.2, -0.15) is 5.10 Å². The normalized spacial score (nSPS) is 17.4. The summed E-state index contributed by atoms with van der Waals surface area (Å²) in [6, 6.07) is 19.6. The van der Waals surface area contributed by atoms with E-state index in [4.69, 9.17) is 4.98 Å². The monoisotopic (exact) mass is 493 g/mol. The highest BCUT2D eigenvalue weighted by molar-refractivity contribution is 7.18. The molecule has 7 rings (SSSR count). The molecule has 6 nitrogen and oxygen atoms in total. The zero-order chi connectivity index (χ0) is 24.1. The van der Waals surface area contributed by atoms with Gasteiger partial charge >= 0.3 is 0 Å². The van der Waals surface area contributed by atoms with Crippen molar-refractivity contribution in [3.05, 3.63) is 111 Å². The van der Waals surface area contributed by atoms with Crippen LogP contribution in [0.1, 0.15) is 39.6 Å². The van der Waals surface area contributed by atoms with Crippen LogP contribution in [0.5, 0.6) is 0 Å². The van der Waals surface area contributed by atoms with E-state index in [2.05, 4.69) is 58.9 Å². The molecule has 0 bridgehead atoms. The van der Waals surface area contributed by atoms with Gasteiger partial charge in [-0.3, -0.25) is 9.36 Å². The largest absolute Gasteiger partial charge is 0.310 e. The van der Waals surface area contributed by atoms with Crippen LogP contribution in [0.25, 0.3) is 15.9 Å².